The summed E-state index contributed by atoms with van der Waals surface area (Å²) in [5.74, 6) is -1.65. The van der Waals surface area contributed by atoms with Crippen LogP contribution in [0.25, 0.3) is 0 Å². The Kier molecular flexibility index (Phi) is 7.77. The van der Waals surface area contributed by atoms with Crippen LogP contribution in [0.5, 0.6) is 5.75 Å². The summed E-state index contributed by atoms with van der Waals surface area (Å²) in [5.41, 5.74) is 0.311. The van der Waals surface area contributed by atoms with Crippen LogP contribution in [-0.2, 0) is 32.1 Å². The molecule has 1 N–H and O–H groups in total. The van der Waals surface area contributed by atoms with E-state index in [1.165, 1.54) is 36.4 Å². The number of nitrogens with one attached hydrogen (secondary N) is 1. The molecule has 1 aliphatic rings. The summed E-state index contributed by atoms with van der Waals surface area (Å²) in [7, 11) is -3.32. The maximum absolute atomic E-state index is 12.8. The second kappa shape index (κ2) is 10.9. The molecule has 0 saturated carbocycles. The molecule has 0 spiro atoms. The van der Waals surface area contributed by atoms with Gasteiger partial charge in [-0.05, 0) is 66.2 Å². The molecule has 1 atom stereocenters. The van der Waals surface area contributed by atoms with Crippen LogP contribution in [0.4, 0.5) is 18.9 Å². The topological polar surface area (TPSA) is 110 Å². The number of rotatable bonds is 8. The summed E-state index contributed by atoms with van der Waals surface area (Å²) in [6.07, 6.45) is -6.00. The number of anilines is 1. The quantitative estimate of drug-likeness (QED) is 0.415. The summed E-state index contributed by atoms with van der Waals surface area (Å²) < 4.78 is 67.5. The lowest BCUT2D eigenvalue weighted by molar-refractivity contribution is -0.137. The Morgan fingerprint density at radius 2 is 1.59 bits per heavy atom. The maximum atomic E-state index is 12.8. The minimum absolute atomic E-state index is 0.0134. The molecule has 39 heavy (non-hydrogen) atoms. The number of nitrogens with zero attached hydrogens (tertiary/aromatic N) is 1. The Morgan fingerprint density at radius 3 is 2.15 bits per heavy atom. The Bertz CT molecular complexity index is 1490. The third-order valence-electron chi connectivity index (χ3n) is 6.07. The van der Waals surface area contributed by atoms with E-state index in [9.17, 15) is 36.0 Å². The summed E-state index contributed by atoms with van der Waals surface area (Å²) in [4.78, 5) is 39.0. The average Bonchev–Trinajstić information content (AvgIpc) is 3.19. The number of benzene rings is 3. The normalized spacial score (nSPS) is 15.9. The van der Waals surface area contributed by atoms with Gasteiger partial charge in [-0.3, -0.25) is 14.4 Å². The van der Waals surface area contributed by atoms with E-state index in [2.05, 4.69) is 5.32 Å². The minimum atomic E-state index is -4.51. The Morgan fingerprint density at radius 1 is 0.974 bits per heavy atom. The highest BCUT2D eigenvalue weighted by molar-refractivity contribution is 7.91. The van der Waals surface area contributed by atoms with Crippen LogP contribution in [0.1, 0.15) is 34.8 Å². The molecule has 1 unspecified atom stereocenters. The van der Waals surface area contributed by atoms with E-state index in [0.29, 0.717) is 5.56 Å². The fourth-order valence-corrected chi connectivity index (χ4v) is 4.77. The van der Waals surface area contributed by atoms with Gasteiger partial charge in [-0.1, -0.05) is 19.1 Å². The molecule has 0 aliphatic carbocycles. The van der Waals surface area contributed by atoms with Gasteiger partial charge in [0.15, 0.2) is 15.9 Å². The van der Waals surface area contributed by atoms with Crippen molar-refractivity contribution in [1.29, 1.82) is 0 Å². The van der Waals surface area contributed by atoms with Gasteiger partial charge in [-0.2, -0.15) is 13.2 Å². The average molecular weight is 561 g/mol. The highest BCUT2D eigenvalue weighted by atomic mass is 32.2. The number of hydrogen-bond acceptors (Lipinski definition) is 6. The van der Waals surface area contributed by atoms with Crippen LogP contribution < -0.4 is 15.0 Å². The number of hydrogen-bond donors (Lipinski definition) is 1. The number of amides is 3. The van der Waals surface area contributed by atoms with E-state index < -0.39 is 45.4 Å². The highest BCUT2D eigenvalue weighted by Gasteiger charge is 2.41. The van der Waals surface area contributed by atoms with E-state index in [-0.39, 0.29) is 40.6 Å². The van der Waals surface area contributed by atoms with Crippen molar-refractivity contribution < 1.29 is 40.7 Å². The second-order valence-corrected chi connectivity index (χ2v) is 11.0. The van der Waals surface area contributed by atoms with Crippen molar-refractivity contribution in [2.75, 3.05) is 10.7 Å². The van der Waals surface area contributed by atoms with Crippen LogP contribution >= 0.6 is 0 Å². The number of sulfone groups is 1. The number of carbonyl (C=O) groups is 3. The predicted molar refractivity (Wildman–Crippen MR) is 135 cm³/mol. The molecule has 1 saturated heterocycles. The number of halogens is 3. The van der Waals surface area contributed by atoms with Crippen LogP contribution in [0.2, 0.25) is 0 Å². The first-order valence-electron chi connectivity index (χ1n) is 11.8. The predicted octanol–water partition coefficient (Wildman–Crippen LogP) is 4.14. The Balaban J connectivity index is 1.36. The Labute approximate surface area is 222 Å². The van der Waals surface area contributed by atoms with Crippen molar-refractivity contribution in [2.24, 2.45) is 0 Å². The van der Waals surface area contributed by atoms with Gasteiger partial charge in [-0.25, -0.2) is 13.3 Å². The van der Waals surface area contributed by atoms with E-state index in [4.69, 9.17) is 4.74 Å². The monoisotopic (exact) mass is 560 g/mol. The van der Waals surface area contributed by atoms with Crippen LogP contribution in [0.15, 0.2) is 77.7 Å². The van der Waals surface area contributed by atoms with E-state index in [1.54, 1.807) is 19.1 Å². The molecule has 12 heteroatoms. The fourth-order valence-electron chi connectivity index (χ4n) is 3.88. The van der Waals surface area contributed by atoms with Gasteiger partial charge < -0.3 is 10.1 Å². The van der Waals surface area contributed by atoms with Gasteiger partial charge in [0.2, 0.25) is 5.91 Å². The summed E-state index contributed by atoms with van der Waals surface area (Å²) in [5, 5.41) is 2.72. The fraction of sp³-hybridized carbons (Fsp3) is 0.222. The molecule has 204 valence electrons. The first-order valence-corrected chi connectivity index (χ1v) is 13.4. The van der Waals surface area contributed by atoms with Gasteiger partial charge in [0.25, 0.3) is 11.8 Å². The standard InChI is InChI=1S/C27H23F3N2O6S/c1-2-39(36,37)22-13-3-17(4-14-22)16-31-25(34)18-5-9-20(10-6-18)32-24(33)15-23(26(32)35)38-21-11-7-19(8-12-21)27(28,29)30/h3-14,23H,2,15-16H2,1H3,(H,31,34). The molecule has 3 amide bonds. The number of carbonyl (C=O) groups excluding carboxylic acids is 3. The summed E-state index contributed by atoms with van der Waals surface area (Å²) >= 11 is 0. The lowest BCUT2D eigenvalue weighted by atomic mass is 10.1. The number of imide groups is 1. The van der Waals surface area contributed by atoms with E-state index >= 15 is 0 Å². The molecule has 3 aromatic rings. The van der Waals surface area contributed by atoms with Crippen molar-refractivity contribution in [1.82, 2.24) is 5.32 Å². The minimum Gasteiger partial charge on any atom is -0.480 e. The van der Waals surface area contributed by atoms with E-state index in [1.807, 2.05) is 0 Å². The Hall–Kier alpha value is -4.19. The molecule has 0 radical (unpaired) electrons. The molecular weight excluding hydrogens is 537 g/mol. The van der Waals surface area contributed by atoms with Gasteiger partial charge in [0.1, 0.15) is 5.75 Å². The second-order valence-electron chi connectivity index (χ2n) is 8.68. The number of ether oxygens (including phenoxy) is 1. The first kappa shape index (κ1) is 27.8. The molecule has 0 aromatic heterocycles. The molecule has 1 heterocycles. The van der Waals surface area contributed by atoms with Crippen molar-refractivity contribution >= 4 is 33.2 Å². The van der Waals surface area contributed by atoms with Gasteiger partial charge in [0.05, 0.1) is 28.3 Å². The zero-order valence-electron chi connectivity index (χ0n) is 20.6. The molecule has 4 rings (SSSR count). The van der Waals surface area contributed by atoms with Crippen LogP contribution in [0, 0.1) is 0 Å². The first-order chi connectivity index (χ1) is 18.4. The molecule has 8 nitrogen and oxygen atoms in total. The lowest BCUT2D eigenvalue weighted by Gasteiger charge is -2.16. The zero-order valence-corrected chi connectivity index (χ0v) is 21.4. The lowest BCUT2D eigenvalue weighted by Crippen LogP contribution is -2.34. The van der Waals surface area contributed by atoms with Gasteiger partial charge in [0, 0.05) is 12.1 Å². The molecule has 1 fully saturated rings. The molecular formula is C27H23F3N2O6S. The van der Waals surface area contributed by atoms with Crippen LogP contribution in [0.3, 0.4) is 0 Å². The highest BCUT2D eigenvalue weighted by Crippen LogP contribution is 2.31. The molecule has 1 aliphatic heterocycles. The third-order valence-corrected chi connectivity index (χ3v) is 7.82. The van der Waals surface area contributed by atoms with Gasteiger partial charge in [-0.15, -0.1) is 0 Å². The van der Waals surface area contributed by atoms with E-state index in [0.717, 1.165) is 29.2 Å². The largest absolute Gasteiger partial charge is 0.480 e. The third kappa shape index (κ3) is 6.28. The maximum Gasteiger partial charge on any atom is 0.416 e. The SMILES string of the molecule is CCS(=O)(=O)c1ccc(CNC(=O)c2ccc(N3C(=O)CC(Oc4ccc(C(F)(F)F)cc4)C3=O)cc2)cc1. The summed E-state index contributed by atoms with van der Waals surface area (Å²) in [6, 6.07) is 15.7. The molecule has 3 aromatic carbocycles. The van der Waals surface area contributed by atoms with Crippen molar-refractivity contribution in [3.05, 3.63) is 89.5 Å². The van der Waals surface area contributed by atoms with Gasteiger partial charge >= 0.3 is 6.18 Å². The van der Waals surface area contributed by atoms with Crippen molar-refractivity contribution in [3.8, 4) is 5.75 Å². The number of alkyl halides is 3. The summed E-state index contributed by atoms with van der Waals surface area (Å²) in [6.45, 7) is 1.71. The smallest absolute Gasteiger partial charge is 0.416 e. The molecule has 0 bridgehead atoms. The van der Waals surface area contributed by atoms with Crippen LogP contribution in [-0.4, -0.2) is 38.0 Å². The zero-order chi connectivity index (χ0) is 28.4. The van der Waals surface area contributed by atoms with Crippen molar-refractivity contribution in [3.63, 3.8) is 0 Å². The van der Waals surface area contributed by atoms with Crippen molar-refractivity contribution in [2.45, 2.75) is 37.1 Å².